The van der Waals surface area contributed by atoms with E-state index in [1.807, 2.05) is 42.5 Å². The number of rotatable bonds is 5. The van der Waals surface area contributed by atoms with Crippen molar-refractivity contribution >= 4 is 32.8 Å². The summed E-state index contributed by atoms with van der Waals surface area (Å²) >= 11 is 0. The lowest BCUT2D eigenvalue weighted by atomic mass is 9.95. The zero-order valence-electron chi connectivity index (χ0n) is 22.6. The van der Waals surface area contributed by atoms with E-state index in [2.05, 4.69) is 80.6 Å². The molecule has 0 radical (unpaired) electrons. The Morgan fingerprint density at radius 2 is 1.10 bits per heavy atom. The molecular weight excluding hydrogens is 488 g/mol. The normalized spacial score (nSPS) is 11.4. The summed E-state index contributed by atoms with van der Waals surface area (Å²) in [4.78, 5) is 20.3. The van der Waals surface area contributed by atoms with Crippen molar-refractivity contribution < 1.29 is 0 Å². The number of nitrogens with zero attached hydrogens (tertiary/aromatic N) is 4. The van der Waals surface area contributed by atoms with E-state index >= 15 is 0 Å². The third-order valence-corrected chi connectivity index (χ3v) is 7.54. The first-order valence-corrected chi connectivity index (χ1v) is 13.9. The van der Waals surface area contributed by atoms with Gasteiger partial charge in [0.1, 0.15) is 0 Å². The summed E-state index contributed by atoms with van der Waals surface area (Å²) < 4.78 is 0. The number of hydrogen-bond donors (Lipinski definition) is 0. The fourth-order valence-corrected chi connectivity index (χ4v) is 5.41. The number of aromatic nitrogens is 4. The molecule has 7 rings (SSSR count). The van der Waals surface area contributed by atoms with Gasteiger partial charge in [-0.15, -0.1) is 0 Å². The van der Waals surface area contributed by atoms with Crippen molar-refractivity contribution in [2.75, 3.05) is 0 Å². The van der Waals surface area contributed by atoms with Crippen molar-refractivity contribution in [2.45, 2.75) is 26.7 Å². The Morgan fingerprint density at radius 1 is 0.475 bits per heavy atom. The first-order valence-electron chi connectivity index (χ1n) is 13.9. The molecule has 192 valence electrons. The van der Waals surface area contributed by atoms with Gasteiger partial charge < -0.3 is 0 Å². The van der Waals surface area contributed by atoms with Crippen molar-refractivity contribution in [3.63, 3.8) is 0 Å². The van der Waals surface area contributed by atoms with Crippen LogP contribution in [-0.2, 0) is 12.8 Å². The molecule has 0 N–H and O–H groups in total. The molecule has 4 heteroatoms. The molecule has 0 aliphatic carbocycles. The van der Waals surface area contributed by atoms with Crippen molar-refractivity contribution in [1.82, 2.24) is 19.9 Å². The van der Waals surface area contributed by atoms with Gasteiger partial charge in [0, 0.05) is 33.3 Å². The van der Waals surface area contributed by atoms with Crippen LogP contribution in [0.3, 0.4) is 0 Å². The molecular formula is C36H28N4. The van der Waals surface area contributed by atoms with Crippen LogP contribution in [0.15, 0.2) is 109 Å². The molecule has 0 bridgehead atoms. The zero-order valence-corrected chi connectivity index (χ0v) is 22.6. The lowest BCUT2D eigenvalue weighted by Crippen LogP contribution is -1.97. The predicted molar refractivity (Wildman–Crippen MR) is 165 cm³/mol. The molecule has 3 aromatic heterocycles. The summed E-state index contributed by atoms with van der Waals surface area (Å²) in [6.07, 6.45) is 1.74. The van der Waals surface area contributed by atoms with E-state index in [-0.39, 0.29) is 0 Å². The zero-order chi connectivity index (χ0) is 27.1. The van der Waals surface area contributed by atoms with E-state index in [1.165, 1.54) is 0 Å². The van der Waals surface area contributed by atoms with Gasteiger partial charge in [-0.1, -0.05) is 92.7 Å². The Labute approximate surface area is 233 Å². The van der Waals surface area contributed by atoms with E-state index in [9.17, 15) is 0 Å². The van der Waals surface area contributed by atoms with E-state index < -0.39 is 0 Å². The van der Waals surface area contributed by atoms with Gasteiger partial charge in [0.25, 0.3) is 0 Å². The summed E-state index contributed by atoms with van der Waals surface area (Å²) in [6.45, 7) is 4.29. The fourth-order valence-electron chi connectivity index (χ4n) is 5.41. The van der Waals surface area contributed by atoms with Crippen LogP contribution in [0.5, 0.6) is 0 Å². The van der Waals surface area contributed by atoms with Crippen LogP contribution >= 0.6 is 0 Å². The molecule has 4 aromatic carbocycles. The first-order chi connectivity index (χ1) is 19.7. The van der Waals surface area contributed by atoms with Gasteiger partial charge in [0.15, 0.2) is 0 Å². The molecule has 0 saturated carbocycles. The highest BCUT2D eigenvalue weighted by atomic mass is 14.8. The molecule has 0 aliphatic rings. The lowest BCUT2D eigenvalue weighted by molar-refractivity contribution is 1.05. The van der Waals surface area contributed by atoms with Gasteiger partial charge >= 0.3 is 0 Å². The van der Waals surface area contributed by atoms with E-state index in [0.29, 0.717) is 0 Å². The predicted octanol–water partition coefficient (Wildman–Crippen LogP) is 8.85. The first kappa shape index (κ1) is 24.1. The SMILES string of the molecule is CCc1ccc2ccc3c(-c4cccc(-c5nc6ccccc6nc5-c5ccccc5)c4)cc(CC)nc3c2n1. The van der Waals surface area contributed by atoms with Crippen LogP contribution in [0.1, 0.15) is 25.2 Å². The second-order valence-corrected chi connectivity index (χ2v) is 10.1. The minimum atomic E-state index is 0.848. The maximum atomic E-state index is 5.13. The fraction of sp³-hybridized carbons (Fsp3) is 0.111. The molecule has 0 amide bonds. The second kappa shape index (κ2) is 9.97. The highest BCUT2D eigenvalue weighted by Crippen LogP contribution is 2.36. The molecule has 0 saturated heterocycles. The maximum absolute atomic E-state index is 5.13. The molecule has 4 nitrogen and oxygen atoms in total. The largest absolute Gasteiger partial charge is 0.251 e. The van der Waals surface area contributed by atoms with Crippen LogP contribution in [0.2, 0.25) is 0 Å². The lowest BCUT2D eigenvalue weighted by Gasteiger charge is -2.14. The minimum Gasteiger partial charge on any atom is -0.251 e. The average Bonchev–Trinajstić information content (AvgIpc) is 3.03. The van der Waals surface area contributed by atoms with Crippen LogP contribution in [-0.4, -0.2) is 19.9 Å². The quantitative estimate of drug-likeness (QED) is 0.214. The van der Waals surface area contributed by atoms with Crippen LogP contribution < -0.4 is 0 Å². The van der Waals surface area contributed by atoms with Crippen molar-refractivity contribution in [1.29, 1.82) is 0 Å². The molecule has 0 fully saturated rings. The van der Waals surface area contributed by atoms with E-state index in [1.54, 1.807) is 0 Å². The number of para-hydroxylation sites is 2. The average molecular weight is 517 g/mol. The number of benzene rings is 4. The summed E-state index contributed by atoms with van der Waals surface area (Å²) in [5.74, 6) is 0. The van der Waals surface area contributed by atoms with Crippen molar-refractivity contribution in [3.8, 4) is 33.6 Å². The number of aryl methyl sites for hydroxylation is 2. The third kappa shape index (κ3) is 4.18. The Balaban J connectivity index is 1.47. The molecule has 3 heterocycles. The number of pyridine rings is 2. The Morgan fingerprint density at radius 3 is 1.85 bits per heavy atom. The van der Waals surface area contributed by atoms with Gasteiger partial charge in [0.05, 0.1) is 33.5 Å². The minimum absolute atomic E-state index is 0.848. The summed E-state index contributed by atoms with van der Waals surface area (Å²) in [7, 11) is 0. The smallest absolute Gasteiger partial charge is 0.0974 e. The van der Waals surface area contributed by atoms with Gasteiger partial charge in [0.2, 0.25) is 0 Å². The Hall–Kier alpha value is -4.96. The monoisotopic (exact) mass is 516 g/mol. The standard InChI is InChI=1S/C36H28N4/c1-3-27-19-17-24-18-20-29-30(22-28(4-2)38-36(29)34(24)37-27)25-13-10-14-26(21-25)35-33(23-11-6-5-7-12-23)39-31-15-8-9-16-32(31)40-35/h5-22H,3-4H2,1-2H3. The van der Waals surface area contributed by atoms with E-state index in [0.717, 1.165) is 90.7 Å². The van der Waals surface area contributed by atoms with Crippen LogP contribution in [0, 0.1) is 0 Å². The van der Waals surface area contributed by atoms with Gasteiger partial charge in [-0.25, -0.2) is 9.97 Å². The third-order valence-electron chi connectivity index (χ3n) is 7.54. The maximum Gasteiger partial charge on any atom is 0.0974 e. The molecule has 0 unspecified atom stereocenters. The van der Waals surface area contributed by atoms with Crippen molar-refractivity contribution in [3.05, 3.63) is 121 Å². The topological polar surface area (TPSA) is 51.6 Å². The highest BCUT2D eigenvalue weighted by Gasteiger charge is 2.16. The molecule has 0 spiro atoms. The van der Waals surface area contributed by atoms with Gasteiger partial charge in [-0.2, -0.15) is 0 Å². The number of hydrogen-bond acceptors (Lipinski definition) is 4. The summed E-state index contributed by atoms with van der Waals surface area (Å²) in [5.41, 5.74) is 12.0. The second-order valence-electron chi connectivity index (χ2n) is 10.1. The molecule has 40 heavy (non-hydrogen) atoms. The van der Waals surface area contributed by atoms with Gasteiger partial charge in [-0.3, -0.25) is 9.97 Å². The summed E-state index contributed by atoms with van der Waals surface area (Å²) in [6, 6.07) is 37.9. The molecule has 7 aromatic rings. The molecule has 0 atom stereocenters. The van der Waals surface area contributed by atoms with E-state index in [4.69, 9.17) is 19.9 Å². The van der Waals surface area contributed by atoms with Crippen LogP contribution in [0.25, 0.3) is 66.5 Å². The van der Waals surface area contributed by atoms with Gasteiger partial charge in [-0.05, 0) is 54.3 Å². The summed E-state index contributed by atoms with van der Waals surface area (Å²) in [5, 5.41) is 2.22. The van der Waals surface area contributed by atoms with Crippen LogP contribution in [0.4, 0.5) is 0 Å². The molecule has 0 aliphatic heterocycles. The Bertz CT molecular complexity index is 2030. The van der Waals surface area contributed by atoms with Crippen molar-refractivity contribution in [2.24, 2.45) is 0 Å². The highest BCUT2D eigenvalue weighted by molar-refractivity contribution is 6.08. The number of fused-ring (bicyclic) bond motifs is 4. The Kier molecular flexibility index (Phi) is 6.01.